The number of nitrogens with zero attached hydrogens (tertiary/aromatic N) is 1. The van der Waals surface area contributed by atoms with Gasteiger partial charge < -0.3 is 0 Å². The third-order valence-corrected chi connectivity index (χ3v) is 2.75. The van der Waals surface area contributed by atoms with E-state index >= 15 is 0 Å². The Hall–Kier alpha value is -0.210. The molecule has 0 aliphatic heterocycles. The molecule has 0 N–H and O–H groups in total. The third-order valence-electron chi connectivity index (χ3n) is 1.38. The van der Waals surface area contributed by atoms with Crippen molar-refractivity contribution < 1.29 is 0 Å². The standard InChI is InChI=1S/C9H12ClNS/c1-6(2)12-8-4-9(10)11-5-7(8)3/h4-6H,1-3H3. The van der Waals surface area contributed by atoms with E-state index in [1.807, 2.05) is 30.9 Å². The maximum atomic E-state index is 5.78. The van der Waals surface area contributed by atoms with Gasteiger partial charge in [-0.25, -0.2) is 4.98 Å². The Morgan fingerprint density at radius 2 is 2.17 bits per heavy atom. The summed E-state index contributed by atoms with van der Waals surface area (Å²) in [4.78, 5) is 5.23. The smallest absolute Gasteiger partial charge is 0.130 e. The summed E-state index contributed by atoms with van der Waals surface area (Å²) in [6.07, 6.45) is 1.81. The molecule has 3 heteroatoms. The Morgan fingerprint density at radius 1 is 1.50 bits per heavy atom. The summed E-state index contributed by atoms with van der Waals surface area (Å²) < 4.78 is 0. The van der Waals surface area contributed by atoms with E-state index in [2.05, 4.69) is 18.8 Å². The predicted molar refractivity (Wildman–Crippen MR) is 55.0 cm³/mol. The van der Waals surface area contributed by atoms with Crippen molar-refractivity contribution in [3.05, 3.63) is 23.0 Å². The van der Waals surface area contributed by atoms with Crippen LogP contribution in [0.3, 0.4) is 0 Å². The minimum atomic E-state index is 0.573. The van der Waals surface area contributed by atoms with Gasteiger partial charge in [0.2, 0.25) is 0 Å². The molecule has 0 atom stereocenters. The van der Waals surface area contributed by atoms with Crippen LogP contribution in [0.5, 0.6) is 0 Å². The molecular weight excluding hydrogens is 190 g/mol. The molecule has 1 aromatic rings. The van der Waals surface area contributed by atoms with Crippen LogP contribution in [0.4, 0.5) is 0 Å². The zero-order chi connectivity index (χ0) is 9.14. The highest BCUT2D eigenvalue weighted by Gasteiger charge is 2.03. The second kappa shape index (κ2) is 4.15. The molecule has 0 radical (unpaired) electrons. The molecule has 0 amide bonds. The van der Waals surface area contributed by atoms with Crippen LogP contribution in [0.1, 0.15) is 19.4 Å². The topological polar surface area (TPSA) is 12.9 Å². The maximum Gasteiger partial charge on any atom is 0.130 e. The molecule has 0 spiro atoms. The maximum absolute atomic E-state index is 5.78. The monoisotopic (exact) mass is 201 g/mol. The summed E-state index contributed by atoms with van der Waals surface area (Å²) in [7, 11) is 0. The molecule has 1 heterocycles. The van der Waals surface area contributed by atoms with Gasteiger partial charge >= 0.3 is 0 Å². The molecule has 1 nitrogen and oxygen atoms in total. The van der Waals surface area contributed by atoms with E-state index in [0.29, 0.717) is 10.4 Å². The van der Waals surface area contributed by atoms with Crippen molar-refractivity contribution in [3.8, 4) is 0 Å². The Labute approximate surface area is 82.5 Å². The van der Waals surface area contributed by atoms with Crippen LogP contribution in [0.15, 0.2) is 17.2 Å². The van der Waals surface area contributed by atoms with Crippen LogP contribution < -0.4 is 0 Å². The molecule has 0 aliphatic rings. The lowest BCUT2D eigenvalue weighted by molar-refractivity contribution is 1.10. The summed E-state index contributed by atoms with van der Waals surface area (Å²) in [5.41, 5.74) is 1.19. The molecule has 1 aromatic heterocycles. The molecule has 12 heavy (non-hydrogen) atoms. The molecule has 1 rings (SSSR count). The van der Waals surface area contributed by atoms with Crippen molar-refractivity contribution in [1.29, 1.82) is 0 Å². The van der Waals surface area contributed by atoms with Crippen LogP contribution in [0.25, 0.3) is 0 Å². The largest absolute Gasteiger partial charge is 0.244 e. The molecule has 0 saturated carbocycles. The van der Waals surface area contributed by atoms with E-state index in [-0.39, 0.29) is 0 Å². The number of rotatable bonds is 2. The fourth-order valence-corrected chi connectivity index (χ4v) is 2.01. The first-order valence-electron chi connectivity index (χ1n) is 3.88. The van der Waals surface area contributed by atoms with Crippen LogP contribution >= 0.6 is 23.4 Å². The average molecular weight is 202 g/mol. The summed E-state index contributed by atoms with van der Waals surface area (Å²) in [5.74, 6) is 0. The Bertz CT molecular complexity index is 273. The first-order chi connectivity index (χ1) is 5.59. The summed E-state index contributed by atoms with van der Waals surface area (Å²) in [6.45, 7) is 6.38. The van der Waals surface area contributed by atoms with Gasteiger partial charge in [0.25, 0.3) is 0 Å². The van der Waals surface area contributed by atoms with Crippen molar-refractivity contribution in [2.45, 2.75) is 30.9 Å². The van der Waals surface area contributed by atoms with Crippen molar-refractivity contribution in [2.24, 2.45) is 0 Å². The normalized spacial score (nSPS) is 10.8. The van der Waals surface area contributed by atoms with Gasteiger partial charge in [-0.1, -0.05) is 25.4 Å². The predicted octanol–water partition coefficient (Wildman–Crippen LogP) is 3.54. The van der Waals surface area contributed by atoms with Gasteiger partial charge in [0.1, 0.15) is 5.15 Å². The average Bonchev–Trinajstić information content (AvgIpc) is 1.96. The highest BCUT2D eigenvalue weighted by molar-refractivity contribution is 8.00. The number of hydrogen-bond acceptors (Lipinski definition) is 2. The molecular formula is C9H12ClNS. The number of pyridine rings is 1. The van der Waals surface area contributed by atoms with Crippen molar-refractivity contribution >= 4 is 23.4 Å². The van der Waals surface area contributed by atoms with E-state index < -0.39 is 0 Å². The van der Waals surface area contributed by atoms with E-state index in [1.54, 1.807) is 0 Å². The minimum absolute atomic E-state index is 0.573. The fraction of sp³-hybridized carbons (Fsp3) is 0.444. The number of hydrogen-bond donors (Lipinski definition) is 0. The van der Waals surface area contributed by atoms with E-state index in [9.17, 15) is 0 Å². The molecule has 0 unspecified atom stereocenters. The van der Waals surface area contributed by atoms with Crippen molar-refractivity contribution in [3.63, 3.8) is 0 Å². The Kier molecular flexibility index (Phi) is 3.41. The lowest BCUT2D eigenvalue weighted by atomic mass is 10.3. The van der Waals surface area contributed by atoms with Crippen LogP contribution in [-0.4, -0.2) is 10.2 Å². The summed E-state index contributed by atoms with van der Waals surface area (Å²) in [5, 5.41) is 1.16. The Balaban J connectivity index is 2.90. The molecule has 0 saturated heterocycles. The van der Waals surface area contributed by atoms with E-state index in [4.69, 9.17) is 11.6 Å². The lowest BCUT2D eigenvalue weighted by Gasteiger charge is -2.07. The van der Waals surface area contributed by atoms with Crippen LogP contribution in [0, 0.1) is 6.92 Å². The summed E-state index contributed by atoms with van der Waals surface area (Å²) >= 11 is 7.59. The number of halogens is 1. The second-order valence-corrected chi connectivity index (χ2v) is 4.94. The first-order valence-corrected chi connectivity index (χ1v) is 5.14. The second-order valence-electron chi connectivity index (χ2n) is 2.94. The van der Waals surface area contributed by atoms with Crippen molar-refractivity contribution in [1.82, 2.24) is 4.98 Å². The Morgan fingerprint density at radius 3 is 2.75 bits per heavy atom. The SMILES string of the molecule is Cc1cnc(Cl)cc1SC(C)C. The van der Waals surface area contributed by atoms with E-state index in [1.165, 1.54) is 10.5 Å². The molecule has 66 valence electrons. The van der Waals surface area contributed by atoms with Crippen LogP contribution in [-0.2, 0) is 0 Å². The van der Waals surface area contributed by atoms with Gasteiger partial charge in [0.05, 0.1) is 0 Å². The van der Waals surface area contributed by atoms with Gasteiger partial charge in [-0.3, -0.25) is 0 Å². The molecule has 0 bridgehead atoms. The van der Waals surface area contributed by atoms with Crippen LogP contribution in [0.2, 0.25) is 5.15 Å². The zero-order valence-corrected chi connectivity index (χ0v) is 9.04. The summed E-state index contributed by atoms with van der Waals surface area (Å²) in [6, 6.07) is 1.92. The van der Waals surface area contributed by atoms with Gasteiger partial charge in [-0.2, -0.15) is 0 Å². The lowest BCUT2D eigenvalue weighted by Crippen LogP contribution is -1.89. The van der Waals surface area contributed by atoms with Gasteiger partial charge in [-0.05, 0) is 18.6 Å². The van der Waals surface area contributed by atoms with Gasteiger partial charge in [0, 0.05) is 16.3 Å². The van der Waals surface area contributed by atoms with E-state index in [0.717, 1.165) is 0 Å². The highest BCUT2D eigenvalue weighted by Crippen LogP contribution is 2.27. The van der Waals surface area contributed by atoms with Gasteiger partial charge in [-0.15, -0.1) is 11.8 Å². The quantitative estimate of drug-likeness (QED) is 0.536. The third kappa shape index (κ3) is 2.68. The minimum Gasteiger partial charge on any atom is -0.244 e. The number of thioether (sulfide) groups is 1. The highest BCUT2D eigenvalue weighted by atomic mass is 35.5. The fourth-order valence-electron chi connectivity index (χ4n) is 0.862. The van der Waals surface area contributed by atoms with Gasteiger partial charge in [0.15, 0.2) is 0 Å². The van der Waals surface area contributed by atoms with Crippen molar-refractivity contribution in [2.75, 3.05) is 0 Å². The number of aromatic nitrogens is 1. The molecule has 0 aromatic carbocycles. The molecule has 0 fully saturated rings. The zero-order valence-electron chi connectivity index (χ0n) is 7.47. The first kappa shape index (κ1) is 9.87. The number of aryl methyl sites for hydroxylation is 1. The molecule has 0 aliphatic carbocycles.